The highest BCUT2D eigenvalue weighted by Gasteiger charge is 2.15. The van der Waals surface area contributed by atoms with Crippen molar-refractivity contribution in [2.45, 2.75) is 25.2 Å². The van der Waals surface area contributed by atoms with Crippen LogP contribution in [0.1, 0.15) is 29.3 Å². The van der Waals surface area contributed by atoms with Crippen LogP contribution in [0.4, 0.5) is 5.69 Å². The van der Waals surface area contributed by atoms with Crippen LogP contribution < -0.4 is 10.0 Å². The third kappa shape index (κ3) is 5.51. The first-order valence-electron chi connectivity index (χ1n) is 7.75. The average molecular weight is 360 g/mol. The molecule has 0 aliphatic heterocycles. The van der Waals surface area contributed by atoms with Gasteiger partial charge in [-0.25, -0.2) is 13.1 Å². The molecule has 0 unspecified atom stereocenters. The summed E-state index contributed by atoms with van der Waals surface area (Å²) in [4.78, 5) is 23.2. The van der Waals surface area contributed by atoms with E-state index in [2.05, 4.69) is 10.0 Å². The van der Waals surface area contributed by atoms with Crippen LogP contribution >= 0.6 is 0 Å². The third-order valence-electron chi connectivity index (χ3n) is 3.53. The fourth-order valence-electron chi connectivity index (χ4n) is 2.12. The maximum atomic E-state index is 12.2. The van der Waals surface area contributed by atoms with Crippen molar-refractivity contribution < 1.29 is 18.0 Å². The Morgan fingerprint density at radius 1 is 1.04 bits per heavy atom. The van der Waals surface area contributed by atoms with E-state index in [4.69, 9.17) is 0 Å². The van der Waals surface area contributed by atoms with Gasteiger partial charge in [-0.05, 0) is 38.1 Å². The highest BCUT2D eigenvalue weighted by Crippen LogP contribution is 2.12. The fraction of sp³-hybridized carbons (Fsp3) is 0.222. The highest BCUT2D eigenvalue weighted by atomic mass is 32.2. The van der Waals surface area contributed by atoms with Gasteiger partial charge in [0.15, 0.2) is 5.78 Å². The molecule has 0 aliphatic rings. The van der Waals surface area contributed by atoms with Gasteiger partial charge < -0.3 is 5.32 Å². The van der Waals surface area contributed by atoms with Crippen LogP contribution in [-0.4, -0.2) is 26.7 Å². The number of hydrogen-bond donors (Lipinski definition) is 2. The van der Waals surface area contributed by atoms with Crippen molar-refractivity contribution in [3.8, 4) is 0 Å². The maximum Gasteiger partial charge on any atom is 0.240 e. The van der Waals surface area contributed by atoms with E-state index in [1.807, 2.05) is 19.1 Å². The molecule has 2 aromatic carbocycles. The predicted molar refractivity (Wildman–Crippen MR) is 96.1 cm³/mol. The molecule has 0 fully saturated rings. The van der Waals surface area contributed by atoms with Crippen LogP contribution in [0.15, 0.2) is 53.4 Å². The van der Waals surface area contributed by atoms with Crippen LogP contribution in [0.25, 0.3) is 0 Å². The van der Waals surface area contributed by atoms with Crippen molar-refractivity contribution in [1.29, 1.82) is 0 Å². The lowest BCUT2D eigenvalue weighted by Gasteiger charge is -2.08. The van der Waals surface area contributed by atoms with Crippen molar-refractivity contribution in [3.05, 3.63) is 59.7 Å². The van der Waals surface area contributed by atoms with Gasteiger partial charge in [-0.2, -0.15) is 0 Å². The Bertz CT molecular complexity index is 874. The van der Waals surface area contributed by atoms with Gasteiger partial charge in [0.05, 0.1) is 4.90 Å². The number of nitrogens with one attached hydrogen (secondary N) is 2. The molecule has 2 N–H and O–H groups in total. The van der Waals surface area contributed by atoms with Crippen LogP contribution in [0.3, 0.4) is 0 Å². The van der Waals surface area contributed by atoms with Gasteiger partial charge in [0.25, 0.3) is 0 Å². The minimum atomic E-state index is -3.77. The van der Waals surface area contributed by atoms with E-state index in [0.29, 0.717) is 11.3 Å². The molecule has 0 heterocycles. The van der Waals surface area contributed by atoms with Crippen molar-refractivity contribution in [2.75, 3.05) is 11.9 Å². The van der Waals surface area contributed by atoms with Crippen LogP contribution in [0, 0.1) is 6.92 Å². The number of rotatable bonds is 7. The molecule has 1 amide bonds. The van der Waals surface area contributed by atoms with E-state index in [1.54, 1.807) is 18.2 Å². The minimum Gasteiger partial charge on any atom is -0.326 e. The number of Topliss-reactive ketones (excluding diaryl/α,β-unsaturated/α-hetero) is 1. The number of aryl methyl sites for hydroxylation is 1. The fourth-order valence-corrected chi connectivity index (χ4v) is 3.20. The van der Waals surface area contributed by atoms with Gasteiger partial charge in [-0.15, -0.1) is 0 Å². The molecule has 0 spiro atoms. The summed E-state index contributed by atoms with van der Waals surface area (Å²) < 4.78 is 26.8. The minimum absolute atomic E-state index is 0.000491. The predicted octanol–water partition coefficient (Wildman–Crippen LogP) is 2.50. The summed E-state index contributed by atoms with van der Waals surface area (Å²) in [6.07, 6.45) is -0.000491. The standard InChI is InChI=1S/C18H20N2O4S/c1-13-6-8-16(9-7-13)20-18(22)10-11-19-25(23,24)17-5-3-4-15(12-17)14(2)21/h3-9,12,19H,10-11H2,1-2H3,(H,20,22). The monoisotopic (exact) mass is 360 g/mol. The summed E-state index contributed by atoms with van der Waals surface area (Å²) in [5, 5.41) is 2.70. The quantitative estimate of drug-likeness (QED) is 0.742. The molecule has 25 heavy (non-hydrogen) atoms. The Balaban J connectivity index is 1.91. The molecule has 0 aromatic heterocycles. The summed E-state index contributed by atoms with van der Waals surface area (Å²) in [5.74, 6) is -0.501. The molecule has 0 atom stereocenters. The molecule has 0 bridgehead atoms. The SMILES string of the molecule is CC(=O)c1cccc(S(=O)(=O)NCCC(=O)Nc2ccc(C)cc2)c1. The number of hydrogen-bond acceptors (Lipinski definition) is 4. The molecule has 0 saturated heterocycles. The molecule has 2 rings (SSSR count). The lowest BCUT2D eigenvalue weighted by molar-refractivity contribution is -0.116. The number of carbonyl (C=O) groups is 2. The van der Waals surface area contributed by atoms with E-state index >= 15 is 0 Å². The number of sulfonamides is 1. The molecule has 0 saturated carbocycles. The van der Waals surface area contributed by atoms with E-state index in [9.17, 15) is 18.0 Å². The lowest BCUT2D eigenvalue weighted by atomic mass is 10.2. The second kappa shape index (κ2) is 8.04. The Labute approximate surface area is 147 Å². The Hall–Kier alpha value is -2.51. The maximum absolute atomic E-state index is 12.2. The van der Waals surface area contributed by atoms with Crippen molar-refractivity contribution in [1.82, 2.24) is 4.72 Å². The Kier molecular flexibility index (Phi) is 6.06. The number of benzene rings is 2. The van der Waals surface area contributed by atoms with Crippen molar-refractivity contribution >= 4 is 27.4 Å². The van der Waals surface area contributed by atoms with Gasteiger partial charge in [0.1, 0.15) is 0 Å². The second-order valence-electron chi connectivity index (χ2n) is 5.65. The zero-order valence-electron chi connectivity index (χ0n) is 14.1. The molecular weight excluding hydrogens is 340 g/mol. The Morgan fingerprint density at radius 3 is 2.36 bits per heavy atom. The van der Waals surface area contributed by atoms with Gasteiger partial charge in [0, 0.05) is 24.2 Å². The second-order valence-corrected chi connectivity index (χ2v) is 7.41. The van der Waals surface area contributed by atoms with Crippen molar-refractivity contribution in [2.24, 2.45) is 0 Å². The lowest BCUT2D eigenvalue weighted by Crippen LogP contribution is -2.28. The average Bonchev–Trinajstić information content (AvgIpc) is 2.57. The molecule has 132 valence electrons. The van der Waals surface area contributed by atoms with E-state index in [-0.39, 0.29) is 29.6 Å². The van der Waals surface area contributed by atoms with Gasteiger partial charge in [-0.1, -0.05) is 29.8 Å². The molecule has 2 aromatic rings. The molecule has 6 nitrogen and oxygen atoms in total. The summed E-state index contributed by atoms with van der Waals surface area (Å²) in [7, 11) is -3.77. The normalized spacial score (nSPS) is 11.1. The largest absolute Gasteiger partial charge is 0.326 e. The number of amides is 1. The number of ketones is 1. The Morgan fingerprint density at radius 2 is 1.72 bits per heavy atom. The van der Waals surface area contributed by atoms with Crippen LogP contribution in [0.5, 0.6) is 0 Å². The number of carbonyl (C=O) groups excluding carboxylic acids is 2. The molecule has 7 heteroatoms. The molecular formula is C18H20N2O4S. The van der Waals surface area contributed by atoms with Gasteiger partial charge in [0.2, 0.25) is 15.9 Å². The van der Waals surface area contributed by atoms with E-state index < -0.39 is 10.0 Å². The summed E-state index contributed by atoms with van der Waals surface area (Å²) in [6.45, 7) is 3.28. The summed E-state index contributed by atoms with van der Waals surface area (Å²) in [5.41, 5.74) is 2.06. The first-order chi connectivity index (χ1) is 11.8. The topological polar surface area (TPSA) is 92.3 Å². The zero-order chi connectivity index (χ0) is 18.4. The zero-order valence-corrected chi connectivity index (χ0v) is 14.9. The number of anilines is 1. The van der Waals surface area contributed by atoms with Gasteiger partial charge >= 0.3 is 0 Å². The summed E-state index contributed by atoms with van der Waals surface area (Å²) >= 11 is 0. The van der Waals surface area contributed by atoms with Crippen LogP contribution in [0.2, 0.25) is 0 Å². The first-order valence-corrected chi connectivity index (χ1v) is 9.23. The highest BCUT2D eigenvalue weighted by molar-refractivity contribution is 7.89. The molecule has 0 radical (unpaired) electrons. The van der Waals surface area contributed by atoms with Gasteiger partial charge in [-0.3, -0.25) is 9.59 Å². The molecule has 0 aliphatic carbocycles. The van der Waals surface area contributed by atoms with Crippen molar-refractivity contribution in [3.63, 3.8) is 0 Å². The first kappa shape index (κ1) is 18.8. The summed E-state index contributed by atoms with van der Waals surface area (Å²) in [6, 6.07) is 13.1. The van der Waals surface area contributed by atoms with E-state index in [0.717, 1.165) is 5.56 Å². The van der Waals surface area contributed by atoms with E-state index in [1.165, 1.54) is 25.1 Å². The smallest absolute Gasteiger partial charge is 0.240 e. The van der Waals surface area contributed by atoms with Crippen LogP contribution in [-0.2, 0) is 14.8 Å². The third-order valence-corrected chi connectivity index (χ3v) is 4.99.